The van der Waals surface area contributed by atoms with Crippen molar-refractivity contribution < 1.29 is 29.4 Å². The van der Waals surface area contributed by atoms with Crippen LogP contribution in [0.5, 0.6) is 5.75 Å². The molecule has 14 heteroatoms. The van der Waals surface area contributed by atoms with E-state index >= 15 is 0 Å². The number of carbonyl (C=O) groups excluding carboxylic acids is 3. The Labute approximate surface area is 232 Å². The molecule has 4 unspecified atom stereocenters. The number of aromatic hydroxyl groups is 1. The SMILES string of the molecule is CSCCC(NC(=O)C(Cc1ccc(O)cc1)NC(=O)C(CCCN=C(N)N)NC(=O)C(N)C(C)C)C(=O)O. The van der Waals surface area contributed by atoms with Gasteiger partial charge in [-0.3, -0.25) is 19.4 Å². The van der Waals surface area contributed by atoms with Crippen molar-refractivity contribution in [3.05, 3.63) is 29.8 Å². The summed E-state index contributed by atoms with van der Waals surface area (Å²) in [5.74, 6) is -2.84. The topological polar surface area (TPSA) is 235 Å². The van der Waals surface area contributed by atoms with Crippen LogP contribution in [0.2, 0.25) is 0 Å². The molecule has 3 amide bonds. The minimum Gasteiger partial charge on any atom is -0.508 e. The summed E-state index contributed by atoms with van der Waals surface area (Å²) in [4.78, 5) is 54.8. The molecule has 0 spiro atoms. The number of hydrogen-bond donors (Lipinski definition) is 8. The molecule has 0 aromatic heterocycles. The largest absolute Gasteiger partial charge is 0.508 e. The van der Waals surface area contributed by atoms with Gasteiger partial charge in [-0.1, -0.05) is 26.0 Å². The first-order valence-electron chi connectivity index (χ1n) is 12.6. The van der Waals surface area contributed by atoms with Crippen LogP contribution in [-0.4, -0.2) is 82.6 Å². The van der Waals surface area contributed by atoms with Gasteiger partial charge in [-0.25, -0.2) is 4.79 Å². The second kappa shape index (κ2) is 17.1. The predicted molar refractivity (Wildman–Crippen MR) is 151 cm³/mol. The van der Waals surface area contributed by atoms with E-state index < -0.39 is 47.9 Å². The number of nitrogens with one attached hydrogen (secondary N) is 3. The van der Waals surface area contributed by atoms with E-state index in [0.29, 0.717) is 17.7 Å². The van der Waals surface area contributed by atoms with E-state index in [-0.39, 0.29) is 43.4 Å². The van der Waals surface area contributed by atoms with Crippen molar-refractivity contribution >= 4 is 41.4 Å². The molecule has 0 bridgehead atoms. The van der Waals surface area contributed by atoms with E-state index in [1.165, 1.54) is 23.9 Å². The number of phenols is 1. The lowest BCUT2D eigenvalue weighted by molar-refractivity contribution is -0.142. The number of phenolic OH excluding ortho intramolecular Hbond substituents is 1. The quantitative estimate of drug-likeness (QED) is 0.0667. The van der Waals surface area contributed by atoms with Crippen LogP contribution in [0, 0.1) is 5.92 Å². The Kier molecular flexibility index (Phi) is 14.7. The molecule has 0 fully saturated rings. The van der Waals surface area contributed by atoms with Gasteiger partial charge in [0.1, 0.15) is 23.9 Å². The number of guanidine groups is 1. The number of rotatable bonds is 17. The van der Waals surface area contributed by atoms with Gasteiger partial charge in [0.2, 0.25) is 17.7 Å². The number of carboxylic acids is 1. The maximum absolute atomic E-state index is 13.4. The van der Waals surface area contributed by atoms with Crippen LogP contribution in [0.25, 0.3) is 0 Å². The first-order chi connectivity index (χ1) is 18.3. The molecule has 0 heterocycles. The standard InChI is InChI=1S/C25H41N7O6S/c1-14(2)20(26)23(36)30-17(5-4-11-29-25(27)28)21(34)32-19(13-15-6-8-16(33)9-7-15)22(35)31-18(24(37)38)10-12-39-3/h6-9,14,17-20,33H,4-5,10-13,26H2,1-3H3,(H,30,36)(H,31,35)(H,32,34)(H,37,38)(H4,27,28,29). The van der Waals surface area contributed by atoms with Gasteiger partial charge in [-0.2, -0.15) is 11.8 Å². The lowest BCUT2D eigenvalue weighted by Crippen LogP contribution is -2.58. The summed E-state index contributed by atoms with van der Waals surface area (Å²) in [6.45, 7) is 3.75. The molecular weight excluding hydrogens is 526 g/mol. The van der Waals surface area contributed by atoms with Crippen molar-refractivity contribution in [3.63, 3.8) is 0 Å². The summed E-state index contributed by atoms with van der Waals surface area (Å²) >= 11 is 1.44. The van der Waals surface area contributed by atoms with Crippen LogP contribution in [-0.2, 0) is 25.6 Å². The van der Waals surface area contributed by atoms with Gasteiger partial charge in [-0.15, -0.1) is 0 Å². The van der Waals surface area contributed by atoms with Crippen LogP contribution in [0.1, 0.15) is 38.7 Å². The lowest BCUT2D eigenvalue weighted by Gasteiger charge is -2.26. The van der Waals surface area contributed by atoms with E-state index in [1.807, 2.05) is 6.26 Å². The molecule has 11 N–H and O–H groups in total. The van der Waals surface area contributed by atoms with E-state index in [2.05, 4.69) is 20.9 Å². The average molecular weight is 568 g/mol. The summed E-state index contributed by atoms with van der Waals surface area (Å²) < 4.78 is 0. The Bertz CT molecular complexity index is 986. The fraction of sp³-hybridized carbons (Fsp3) is 0.560. The monoisotopic (exact) mass is 567 g/mol. The lowest BCUT2D eigenvalue weighted by atomic mass is 10.0. The maximum atomic E-state index is 13.4. The molecule has 0 aliphatic heterocycles. The van der Waals surface area contributed by atoms with Gasteiger partial charge >= 0.3 is 5.97 Å². The molecule has 0 saturated carbocycles. The highest BCUT2D eigenvalue weighted by Gasteiger charge is 2.30. The van der Waals surface area contributed by atoms with Crippen molar-refractivity contribution in [1.29, 1.82) is 0 Å². The fourth-order valence-corrected chi connectivity index (χ4v) is 3.93. The number of thioether (sulfide) groups is 1. The Morgan fingerprint density at radius 3 is 2.03 bits per heavy atom. The van der Waals surface area contributed by atoms with Crippen molar-refractivity contribution in [3.8, 4) is 5.75 Å². The molecule has 0 saturated heterocycles. The molecule has 0 aliphatic rings. The number of carboxylic acid groups (broad SMARTS) is 1. The highest BCUT2D eigenvalue weighted by Crippen LogP contribution is 2.13. The minimum absolute atomic E-state index is 0.00684. The number of nitrogens with zero attached hydrogens (tertiary/aromatic N) is 1. The van der Waals surface area contributed by atoms with Crippen molar-refractivity contribution in [2.45, 2.75) is 63.7 Å². The van der Waals surface area contributed by atoms with Gasteiger partial charge in [-0.05, 0) is 54.9 Å². The van der Waals surface area contributed by atoms with Crippen LogP contribution < -0.4 is 33.2 Å². The van der Waals surface area contributed by atoms with Crippen LogP contribution in [0.3, 0.4) is 0 Å². The van der Waals surface area contributed by atoms with Gasteiger partial charge in [0, 0.05) is 13.0 Å². The zero-order chi connectivity index (χ0) is 29.5. The predicted octanol–water partition coefficient (Wildman–Crippen LogP) is -0.736. The molecule has 1 aromatic carbocycles. The average Bonchev–Trinajstić information content (AvgIpc) is 2.87. The van der Waals surface area contributed by atoms with Crippen molar-refractivity contribution in [1.82, 2.24) is 16.0 Å². The van der Waals surface area contributed by atoms with E-state index in [4.69, 9.17) is 17.2 Å². The fourth-order valence-electron chi connectivity index (χ4n) is 3.46. The van der Waals surface area contributed by atoms with Crippen molar-refractivity contribution in [2.24, 2.45) is 28.1 Å². The van der Waals surface area contributed by atoms with E-state index in [1.54, 1.807) is 26.0 Å². The Morgan fingerprint density at radius 1 is 0.923 bits per heavy atom. The Hall–Kier alpha value is -3.52. The highest BCUT2D eigenvalue weighted by atomic mass is 32.2. The summed E-state index contributed by atoms with van der Waals surface area (Å²) in [5, 5.41) is 26.9. The van der Waals surface area contributed by atoms with Crippen LogP contribution >= 0.6 is 11.8 Å². The van der Waals surface area contributed by atoms with Gasteiger partial charge < -0.3 is 43.4 Å². The van der Waals surface area contributed by atoms with E-state index in [0.717, 1.165) is 0 Å². The Balaban J connectivity index is 3.18. The molecule has 0 radical (unpaired) electrons. The molecule has 0 aliphatic carbocycles. The van der Waals surface area contributed by atoms with Crippen LogP contribution in [0.15, 0.2) is 29.3 Å². The number of benzene rings is 1. The van der Waals surface area contributed by atoms with Gasteiger partial charge in [0.05, 0.1) is 6.04 Å². The molecule has 4 atom stereocenters. The van der Waals surface area contributed by atoms with E-state index in [9.17, 15) is 29.4 Å². The number of aliphatic carboxylic acids is 1. The molecule has 39 heavy (non-hydrogen) atoms. The van der Waals surface area contributed by atoms with Crippen molar-refractivity contribution in [2.75, 3.05) is 18.6 Å². The third-order valence-electron chi connectivity index (χ3n) is 5.83. The summed E-state index contributed by atoms with van der Waals surface area (Å²) in [5.41, 5.74) is 17.3. The number of nitrogens with two attached hydrogens (primary N) is 3. The highest BCUT2D eigenvalue weighted by molar-refractivity contribution is 7.98. The summed E-state index contributed by atoms with van der Waals surface area (Å²) in [6.07, 6.45) is 2.52. The Morgan fingerprint density at radius 2 is 1.49 bits per heavy atom. The summed E-state index contributed by atoms with van der Waals surface area (Å²) in [6, 6.07) is 1.80. The second-order valence-corrected chi connectivity index (χ2v) is 10.4. The number of hydrogen-bond acceptors (Lipinski definition) is 8. The smallest absolute Gasteiger partial charge is 0.326 e. The normalized spacial score (nSPS) is 14.0. The zero-order valence-electron chi connectivity index (χ0n) is 22.6. The number of aliphatic imine (C=N–C) groups is 1. The number of amides is 3. The third-order valence-corrected chi connectivity index (χ3v) is 6.48. The third kappa shape index (κ3) is 12.7. The number of carbonyl (C=O) groups is 4. The summed E-state index contributed by atoms with van der Waals surface area (Å²) in [7, 11) is 0. The molecular formula is C25H41N7O6S. The first-order valence-corrected chi connectivity index (χ1v) is 14.0. The van der Waals surface area contributed by atoms with Gasteiger partial charge in [0.25, 0.3) is 0 Å². The molecule has 1 rings (SSSR count). The second-order valence-electron chi connectivity index (χ2n) is 9.39. The first kappa shape index (κ1) is 33.5. The molecule has 218 valence electrons. The molecule has 1 aromatic rings. The van der Waals surface area contributed by atoms with Gasteiger partial charge in [0.15, 0.2) is 5.96 Å². The molecule has 13 nitrogen and oxygen atoms in total. The minimum atomic E-state index is -1.19. The maximum Gasteiger partial charge on any atom is 0.326 e. The van der Waals surface area contributed by atoms with Crippen LogP contribution in [0.4, 0.5) is 0 Å². The zero-order valence-corrected chi connectivity index (χ0v) is 23.4.